The summed E-state index contributed by atoms with van der Waals surface area (Å²) in [5.41, 5.74) is 3.48. The lowest BCUT2D eigenvalue weighted by Crippen LogP contribution is -2.28. The van der Waals surface area contributed by atoms with Crippen molar-refractivity contribution in [3.8, 4) is 0 Å². The van der Waals surface area contributed by atoms with Crippen molar-refractivity contribution in [3.05, 3.63) is 89.2 Å². The van der Waals surface area contributed by atoms with E-state index in [1.54, 1.807) is 43.3 Å². The fourth-order valence-electron chi connectivity index (χ4n) is 3.83. The summed E-state index contributed by atoms with van der Waals surface area (Å²) >= 11 is 0. The molecule has 3 amide bonds. The molecule has 0 saturated carbocycles. The largest absolute Gasteiger partial charge is 0.323 e. The number of halogens is 1. The van der Waals surface area contributed by atoms with Crippen LogP contribution in [0, 0.1) is 25.6 Å². The monoisotopic (exact) mass is 445 g/mol. The Hall–Kier alpha value is -4.00. The van der Waals surface area contributed by atoms with E-state index in [2.05, 4.69) is 10.6 Å². The van der Waals surface area contributed by atoms with E-state index in [9.17, 15) is 18.8 Å². The van der Waals surface area contributed by atoms with Gasteiger partial charge in [-0.1, -0.05) is 24.3 Å². The summed E-state index contributed by atoms with van der Waals surface area (Å²) in [6.45, 7) is 3.85. The summed E-state index contributed by atoms with van der Waals surface area (Å²) in [6, 6.07) is 18.7. The normalized spacial score (nSPS) is 15.4. The van der Waals surface area contributed by atoms with Gasteiger partial charge in [-0.15, -0.1) is 0 Å². The lowest BCUT2D eigenvalue weighted by molar-refractivity contribution is -0.122. The molecular weight excluding hydrogens is 421 g/mol. The third kappa shape index (κ3) is 5.09. The van der Waals surface area contributed by atoms with Crippen molar-refractivity contribution in [1.29, 1.82) is 0 Å². The Morgan fingerprint density at radius 3 is 2.45 bits per heavy atom. The molecule has 0 unspecified atom stereocenters. The molecule has 0 spiro atoms. The molecule has 1 saturated heterocycles. The van der Waals surface area contributed by atoms with Gasteiger partial charge in [-0.25, -0.2) is 4.39 Å². The highest BCUT2D eigenvalue weighted by Gasteiger charge is 2.35. The summed E-state index contributed by atoms with van der Waals surface area (Å²) in [5.74, 6) is -2.07. The highest BCUT2D eigenvalue weighted by molar-refractivity contribution is 6.07. The van der Waals surface area contributed by atoms with Crippen LogP contribution in [0.2, 0.25) is 0 Å². The Morgan fingerprint density at radius 1 is 0.939 bits per heavy atom. The van der Waals surface area contributed by atoms with Gasteiger partial charge < -0.3 is 15.5 Å². The van der Waals surface area contributed by atoms with Gasteiger partial charge in [0.15, 0.2) is 0 Å². The minimum Gasteiger partial charge on any atom is -0.323 e. The zero-order chi connectivity index (χ0) is 23.5. The summed E-state index contributed by atoms with van der Waals surface area (Å²) in [7, 11) is 0. The fraction of sp³-hybridized carbons (Fsp3) is 0.192. The molecule has 0 radical (unpaired) electrons. The van der Waals surface area contributed by atoms with Crippen LogP contribution in [0.1, 0.15) is 27.9 Å². The van der Waals surface area contributed by atoms with Crippen molar-refractivity contribution in [3.63, 3.8) is 0 Å². The zero-order valence-electron chi connectivity index (χ0n) is 18.4. The minimum absolute atomic E-state index is 0.0129. The maximum Gasteiger partial charge on any atom is 0.255 e. The van der Waals surface area contributed by atoms with Gasteiger partial charge in [0, 0.05) is 29.9 Å². The Morgan fingerprint density at radius 2 is 1.70 bits per heavy atom. The van der Waals surface area contributed by atoms with Crippen LogP contribution in [0.3, 0.4) is 0 Å². The maximum absolute atomic E-state index is 14.1. The van der Waals surface area contributed by atoms with Crippen LogP contribution in [-0.2, 0) is 9.59 Å². The van der Waals surface area contributed by atoms with Gasteiger partial charge in [0.25, 0.3) is 5.91 Å². The van der Waals surface area contributed by atoms with E-state index >= 15 is 0 Å². The van der Waals surface area contributed by atoms with Crippen LogP contribution in [-0.4, -0.2) is 24.3 Å². The Kier molecular flexibility index (Phi) is 6.22. The molecule has 1 aliphatic rings. The quantitative estimate of drug-likeness (QED) is 0.598. The summed E-state index contributed by atoms with van der Waals surface area (Å²) in [5, 5.41) is 5.43. The van der Waals surface area contributed by atoms with Crippen molar-refractivity contribution in [2.75, 3.05) is 22.1 Å². The van der Waals surface area contributed by atoms with E-state index in [-0.39, 0.29) is 30.5 Å². The average molecular weight is 445 g/mol. The second-order valence-electron chi connectivity index (χ2n) is 8.25. The third-order valence-corrected chi connectivity index (χ3v) is 5.57. The number of nitrogens with one attached hydrogen (secondary N) is 2. The number of nitrogens with zero attached hydrogens (tertiary/aromatic N) is 1. The standard InChI is InChI=1S/C26H24FN3O3/c1-16-5-3-7-20(11-16)28-25(32)18-6-4-8-21(13-18)30-15-19(14-24(30)31)26(33)29-23-10-9-17(2)12-22(23)27/h3-13,19H,14-15H2,1-2H3,(H,28,32)(H,29,33)/t19-/m1/s1. The van der Waals surface area contributed by atoms with Crippen molar-refractivity contribution in [1.82, 2.24) is 0 Å². The molecule has 0 bridgehead atoms. The molecule has 4 rings (SSSR count). The van der Waals surface area contributed by atoms with Crippen molar-refractivity contribution >= 4 is 34.8 Å². The molecule has 6 nitrogen and oxygen atoms in total. The highest BCUT2D eigenvalue weighted by Crippen LogP contribution is 2.27. The first kappa shape index (κ1) is 22.2. The summed E-state index contributed by atoms with van der Waals surface area (Å²) < 4.78 is 14.1. The van der Waals surface area contributed by atoms with Gasteiger partial charge in [-0.2, -0.15) is 0 Å². The number of benzene rings is 3. The van der Waals surface area contributed by atoms with Crippen LogP contribution < -0.4 is 15.5 Å². The molecule has 33 heavy (non-hydrogen) atoms. The van der Waals surface area contributed by atoms with E-state index in [1.807, 2.05) is 25.1 Å². The SMILES string of the molecule is Cc1cccc(NC(=O)c2cccc(N3C[C@H](C(=O)Nc4ccc(C)cc4F)CC3=O)c2)c1. The zero-order valence-corrected chi connectivity index (χ0v) is 18.4. The number of rotatable bonds is 5. The van der Waals surface area contributed by atoms with E-state index in [4.69, 9.17) is 0 Å². The van der Waals surface area contributed by atoms with Crippen molar-refractivity contribution < 1.29 is 18.8 Å². The molecule has 2 N–H and O–H groups in total. The molecule has 1 atom stereocenters. The summed E-state index contributed by atoms with van der Waals surface area (Å²) in [6.07, 6.45) is 0.0129. The van der Waals surface area contributed by atoms with Gasteiger partial charge in [0.05, 0.1) is 11.6 Å². The first-order valence-electron chi connectivity index (χ1n) is 10.7. The predicted molar refractivity (Wildman–Crippen MR) is 126 cm³/mol. The predicted octanol–water partition coefficient (Wildman–Crippen LogP) is 4.69. The molecule has 1 heterocycles. The van der Waals surface area contributed by atoms with Crippen LogP contribution >= 0.6 is 0 Å². The molecule has 1 aliphatic heterocycles. The van der Waals surface area contributed by atoms with Crippen LogP contribution in [0.15, 0.2) is 66.7 Å². The average Bonchev–Trinajstić information content (AvgIpc) is 3.17. The number of hydrogen-bond donors (Lipinski definition) is 2. The van der Waals surface area contributed by atoms with Crippen LogP contribution in [0.5, 0.6) is 0 Å². The number of aryl methyl sites for hydroxylation is 2. The number of amides is 3. The van der Waals surface area contributed by atoms with Gasteiger partial charge in [-0.3, -0.25) is 14.4 Å². The Labute approximate surface area is 191 Å². The van der Waals surface area contributed by atoms with Crippen molar-refractivity contribution in [2.24, 2.45) is 5.92 Å². The smallest absolute Gasteiger partial charge is 0.255 e. The molecule has 0 aromatic heterocycles. The highest BCUT2D eigenvalue weighted by atomic mass is 19.1. The number of hydrogen-bond acceptors (Lipinski definition) is 3. The number of anilines is 3. The minimum atomic E-state index is -0.622. The lowest BCUT2D eigenvalue weighted by atomic mass is 10.1. The van der Waals surface area contributed by atoms with Gasteiger partial charge in [-0.05, 0) is 67.4 Å². The Bertz CT molecular complexity index is 1240. The van der Waals surface area contributed by atoms with Gasteiger partial charge in [0.2, 0.25) is 11.8 Å². The Balaban J connectivity index is 1.45. The van der Waals surface area contributed by atoms with E-state index in [1.165, 1.54) is 17.0 Å². The molecule has 7 heteroatoms. The first-order chi connectivity index (χ1) is 15.8. The second-order valence-corrected chi connectivity index (χ2v) is 8.25. The van der Waals surface area contributed by atoms with Gasteiger partial charge >= 0.3 is 0 Å². The van der Waals surface area contributed by atoms with Crippen LogP contribution in [0.25, 0.3) is 0 Å². The van der Waals surface area contributed by atoms with E-state index in [0.717, 1.165) is 11.1 Å². The molecule has 0 aliphatic carbocycles. The second kappa shape index (κ2) is 9.24. The molecule has 3 aromatic rings. The molecule has 1 fully saturated rings. The lowest BCUT2D eigenvalue weighted by Gasteiger charge is -2.18. The molecular formula is C26H24FN3O3. The van der Waals surface area contributed by atoms with E-state index < -0.39 is 17.6 Å². The number of carbonyl (C=O) groups excluding carboxylic acids is 3. The topological polar surface area (TPSA) is 78.5 Å². The van der Waals surface area contributed by atoms with E-state index in [0.29, 0.717) is 16.9 Å². The van der Waals surface area contributed by atoms with Crippen LogP contribution in [0.4, 0.5) is 21.5 Å². The molecule has 168 valence electrons. The third-order valence-electron chi connectivity index (χ3n) is 5.57. The maximum atomic E-state index is 14.1. The fourth-order valence-corrected chi connectivity index (χ4v) is 3.83. The first-order valence-corrected chi connectivity index (χ1v) is 10.7. The summed E-state index contributed by atoms with van der Waals surface area (Å²) in [4.78, 5) is 39.5. The van der Waals surface area contributed by atoms with Crippen molar-refractivity contribution in [2.45, 2.75) is 20.3 Å². The molecule has 3 aromatic carbocycles. The number of carbonyl (C=O) groups is 3. The van der Waals surface area contributed by atoms with Gasteiger partial charge in [0.1, 0.15) is 5.82 Å².